The maximum absolute atomic E-state index is 12.5. The van der Waals surface area contributed by atoms with E-state index in [-0.39, 0.29) is 30.0 Å². The summed E-state index contributed by atoms with van der Waals surface area (Å²) in [6.07, 6.45) is 2.16. The fourth-order valence-corrected chi connectivity index (χ4v) is 3.08. The minimum atomic E-state index is -0.801. The van der Waals surface area contributed by atoms with Crippen LogP contribution in [0.1, 0.15) is 48.9 Å². The van der Waals surface area contributed by atoms with E-state index in [1.54, 1.807) is 11.0 Å². The molecule has 6 heteroatoms. The molecule has 1 saturated heterocycles. The van der Waals surface area contributed by atoms with Crippen molar-refractivity contribution in [2.75, 3.05) is 13.1 Å². The van der Waals surface area contributed by atoms with Crippen molar-refractivity contribution < 1.29 is 19.2 Å². The third-order valence-corrected chi connectivity index (χ3v) is 4.51. The number of hydrogen-bond donors (Lipinski definition) is 1. The number of aromatic nitrogens is 1. The molecule has 6 nitrogen and oxygen atoms in total. The smallest absolute Gasteiger partial charge is 0.308 e. The van der Waals surface area contributed by atoms with Gasteiger partial charge in [0.25, 0.3) is 5.91 Å². The molecule has 0 radical (unpaired) electrons. The number of carboxylic acid groups (broad SMARTS) is 1. The molecule has 0 unspecified atom stereocenters. The highest BCUT2D eigenvalue weighted by Gasteiger charge is 2.47. The van der Waals surface area contributed by atoms with Gasteiger partial charge in [0.15, 0.2) is 5.69 Å². The molecular formula is C15H20N2O4. The van der Waals surface area contributed by atoms with Crippen LogP contribution in [0.25, 0.3) is 0 Å². The molecule has 2 aliphatic rings. The third-order valence-electron chi connectivity index (χ3n) is 4.51. The lowest BCUT2D eigenvalue weighted by molar-refractivity contribution is -0.142. The summed E-state index contributed by atoms with van der Waals surface area (Å²) in [4.78, 5) is 25.4. The van der Waals surface area contributed by atoms with E-state index in [0.29, 0.717) is 18.2 Å². The number of likely N-dealkylation sites (tertiary alicyclic amines) is 1. The maximum atomic E-state index is 12.5. The van der Waals surface area contributed by atoms with Crippen LogP contribution in [0.4, 0.5) is 0 Å². The second-order valence-electron chi connectivity index (χ2n) is 6.43. The van der Waals surface area contributed by atoms with Crippen molar-refractivity contribution in [2.24, 2.45) is 17.8 Å². The van der Waals surface area contributed by atoms with Crippen LogP contribution >= 0.6 is 0 Å². The van der Waals surface area contributed by atoms with Crippen molar-refractivity contribution in [1.82, 2.24) is 10.1 Å². The van der Waals surface area contributed by atoms with E-state index in [1.165, 1.54) is 0 Å². The van der Waals surface area contributed by atoms with Gasteiger partial charge in [0, 0.05) is 25.1 Å². The minimum absolute atomic E-state index is 0.0860. The van der Waals surface area contributed by atoms with Gasteiger partial charge in [-0.25, -0.2) is 0 Å². The Hall–Kier alpha value is -1.85. The van der Waals surface area contributed by atoms with Crippen LogP contribution in [-0.2, 0) is 4.79 Å². The zero-order chi connectivity index (χ0) is 15.1. The summed E-state index contributed by atoms with van der Waals surface area (Å²) in [6, 6.07) is 1.66. The molecule has 0 spiro atoms. The second kappa shape index (κ2) is 5.16. The molecule has 0 aromatic carbocycles. The number of carbonyl (C=O) groups excluding carboxylic acids is 1. The Balaban J connectivity index is 1.74. The molecule has 1 aromatic rings. The SMILES string of the molecule is CC(C)c1cc(C(=O)N2C[C@H](C(=O)O)[C@@H](C3CC3)C2)no1. The highest BCUT2D eigenvalue weighted by Crippen LogP contribution is 2.44. The van der Waals surface area contributed by atoms with Gasteiger partial charge in [-0.15, -0.1) is 0 Å². The molecule has 2 atom stereocenters. The van der Waals surface area contributed by atoms with Gasteiger partial charge < -0.3 is 14.5 Å². The Morgan fingerprint density at radius 2 is 2.10 bits per heavy atom. The zero-order valence-corrected chi connectivity index (χ0v) is 12.3. The van der Waals surface area contributed by atoms with Crippen molar-refractivity contribution in [1.29, 1.82) is 0 Å². The quantitative estimate of drug-likeness (QED) is 0.917. The van der Waals surface area contributed by atoms with E-state index in [9.17, 15) is 14.7 Å². The highest BCUT2D eigenvalue weighted by molar-refractivity contribution is 5.93. The standard InChI is InChI=1S/C15H20N2O4/c1-8(2)13-5-12(16-21-13)14(18)17-6-10(9-3-4-9)11(7-17)15(19)20/h5,8-11H,3-4,6-7H2,1-2H3,(H,19,20)/t10-,11+/m1/s1. The van der Waals surface area contributed by atoms with E-state index in [0.717, 1.165) is 12.8 Å². The molecular weight excluding hydrogens is 272 g/mol. The second-order valence-corrected chi connectivity index (χ2v) is 6.43. The Bertz CT molecular complexity index is 562. The summed E-state index contributed by atoms with van der Waals surface area (Å²) in [6.45, 7) is 4.73. The summed E-state index contributed by atoms with van der Waals surface area (Å²) in [5, 5.41) is 13.2. The Morgan fingerprint density at radius 1 is 1.38 bits per heavy atom. The molecule has 21 heavy (non-hydrogen) atoms. The number of amides is 1. The topological polar surface area (TPSA) is 83.6 Å². The van der Waals surface area contributed by atoms with E-state index in [4.69, 9.17) is 4.52 Å². The van der Waals surface area contributed by atoms with E-state index >= 15 is 0 Å². The molecule has 114 valence electrons. The van der Waals surface area contributed by atoms with Crippen LogP contribution in [0.5, 0.6) is 0 Å². The molecule has 2 heterocycles. The van der Waals surface area contributed by atoms with E-state index in [2.05, 4.69) is 5.16 Å². The first-order valence-electron chi connectivity index (χ1n) is 7.46. The highest BCUT2D eigenvalue weighted by atomic mass is 16.5. The van der Waals surface area contributed by atoms with Crippen LogP contribution in [-0.4, -0.2) is 40.1 Å². The average Bonchev–Trinajstić information content (AvgIpc) is 3.01. The zero-order valence-electron chi connectivity index (χ0n) is 12.3. The van der Waals surface area contributed by atoms with Crippen molar-refractivity contribution in [2.45, 2.75) is 32.6 Å². The van der Waals surface area contributed by atoms with Crippen LogP contribution in [0.15, 0.2) is 10.6 Å². The number of aliphatic carboxylic acids is 1. The van der Waals surface area contributed by atoms with Gasteiger partial charge >= 0.3 is 5.97 Å². The van der Waals surface area contributed by atoms with Crippen molar-refractivity contribution in [3.63, 3.8) is 0 Å². The number of carboxylic acids is 1. The van der Waals surface area contributed by atoms with Crippen LogP contribution in [0.2, 0.25) is 0 Å². The van der Waals surface area contributed by atoms with Gasteiger partial charge in [-0.2, -0.15) is 0 Å². The molecule has 1 aliphatic heterocycles. The summed E-state index contributed by atoms with van der Waals surface area (Å²) < 4.78 is 5.15. The van der Waals surface area contributed by atoms with Gasteiger partial charge in [-0.05, 0) is 24.7 Å². The molecule has 1 N–H and O–H groups in total. The Labute approximate surface area is 123 Å². The molecule has 1 saturated carbocycles. The molecule has 0 bridgehead atoms. The Kier molecular flexibility index (Phi) is 3.47. The molecule has 2 fully saturated rings. The fourth-order valence-electron chi connectivity index (χ4n) is 3.08. The fraction of sp³-hybridized carbons (Fsp3) is 0.667. The first kappa shape index (κ1) is 14.1. The molecule has 3 rings (SSSR count). The summed E-state index contributed by atoms with van der Waals surface area (Å²) >= 11 is 0. The van der Waals surface area contributed by atoms with Gasteiger partial charge in [0.1, 0.15) is 5.76 Å². The third kappa shape index (κ3) is 2.66. The van der Waals surface area contributed by atoms with E-state index < -0.39 is 11.9 Å². The number of carbonyl (C=O) groups is 2. The first-order valence-corrected chi connectivity index (χ1v) is 7.46. The predicted octanol–water partition coefficient (Wildman–Crippen LogP) is 1.98. The maximum Gasteiger partial charge on any atom is 0.308 e. The number of hydrogen-bond acceptors (Lipinski definition) is 4. The lowest BCUT2D eigenvalue weighted by Gasteiger charge is -2.14. The Morgan fingerprint density at radius 3 is 2.62 bits per heavy atom. The van der Waals surface area contributed by atoms with Gasteiger partial charge in [-0.1, -0.05) is 19.0 Å². The predicted molar refractivity (Wildman–Crippen MR) is 73.8 cm³/mol. The monoisotopic (exact) mass is 292 g/mol. The normalized spacial score (nSPS) is 25.6. The van der Waals surface area contributed by atoms with Gasteiger partial charge in [0.05, 0.1) is 5.92 Å². The average molecular weight is 292 g/mol. The van der Waals surface area contributed by atoms with Crippen molar-refractivity contribution in [3.8, 4) is 0 Å². The number of rotatable bonds is 4. The minimum Gasteiger partial charge on any atom is -0.481 e. The van der Waals surface area contributed by atoms with E-state index in [1.807, 2.05) is 13.8 Å². The molecule has 1 amide bonds. The lowest BCUT2D eigenvalue weighted by Crippen LogP contribution is -2.30. The van der Waals surface area contributed by atoms with Crippen molar-refractivity contribution in [3.05, 3.63) is 17.5 Å². The number of nitrogens with zero attached hydrogens (tertiary/aromatic N) is 2. The first-order chi connectivity index (χ1) is 9.97. The van der Waals surface area contributed by atoms with Crippen molar-refractivity contribution >= 4 is 11.9 Å². The molecule has 1 aliphatic carbocycles. The summed E-state index contributed by atoms with van der Waals surface area (Å²) in [5.41, 5.74) is 0.277. The lowest BCUT2D eigenvalue weighted by atomic mass is 9.92. The summed E-state index contributed by atoms with van der Waals surface area (Å²) in [7, 11) is 0. The largest absolute Gasteiger partial charge is 0.481 e. The van der Waals surface area contributed by atoms with Crippen LogP contribution in [0, 0.1) is 17.8 Å². The van der Waals surface area contributed by atoms with Gasteiger partial charge in [-0.3, -0.25) is 9.59 Å². The molecule has 1 aromatic heterocycles. The summed E-state index contributed by atoms with van der Waals surface area (Å²) in [5.74, 6) is -0.0757. The van der Waals surface area contributed by atoms with Crippen LogP contribution < -0.4 is 0 Å². The van der Waals surface area contributed by atoms with Gasteiger partial charge in [0.2, 0.25) is 0 Å². The van der Waals surface area contributed by atoms with Crippen LogP contribution in [0.3, 0.4) is 0 Å².